The van der Waals surface area contributed by atoms with Crippen LogP contribution in [0.1, 0.15) is 137 Å². The molecular formula is C65H102N14O26S. The number of carboxylic acid groups (broad SMARTS) is 6. The highest BCUT2D eigenvalue weighted by Gasteiger charge is 2.39. The number of amides is 12. The summed E-state index contributed by atoms with van der Waals surface area (Å²) >= 11 is 1.32. The summed E-state index contributed by atoms with van der Waals surface area (Å²) in [6.07, 6.45) is -6.99. The minimum atomic E-state index is -2.16. The van der Waals surface area contributed by atoms with Crippen molar-refractivity contribution in [1.82, 2.24) is 63.8 Å². The van der Waals surface area contributed by atoms with Crippen LogP contribution in [0.2, 0.25) is 0 Å². The standard InChI is InChI=1S/C65H102N14O26S/c1-31(2)25-36(67)54(93)70-41(22-24-106-7)59(98)72-39(17-20-48(84)85)57(96)75-43(27-35-13-9-8-10-14-35)61(100)77-44(28-50(88)89)62(101)73-40(18-21-49(86)87)58(97)78-46(30-80)64(103)71-37(15-11-12-23-66)55(94)74-42(26-32(3)4)60(99)68-33(5)53(92)69-38(16-19-47(82)83)56(95)76-45(29-51(90)91)63(102)79-52(34(6)81)65(104)105/h8-10,13-14,31-34,36-46,52,80-81H,11-12,15-30,66-67H2,1-7H3,(H,68,99)(H,69,92)(H,70,93)(H,71,103)(H,72,98)(H,73,101)(H,74,94)(H,75,96)(H,76,95)(H,77,100)(H,78,97)(H,79,102)(H,82,83)(H,84,85)(H,86,87)(H,88,89)(H,90,91)(H,104,105)/t33-,34+,36-,37-,38-,39-,40-,41-,42-,43-,44-,45-,46-,52-/m0/s1. The van der Waals surface area contributed by atoms with Crippen LogP contribution in [0, 0.1) is 11.8 Å². The molecule has 0 aliphatic rings. The van der Waals surface area contributed by atoms with Gasteiger partial charge in [0.2, 0.25) is 70.9 Å². The van der Waals surface area contributed by atoms with E-state index < -0.39 is 262 Å². The van der Waals surface area contributed by atoms with Gasteiger partial charge in [0.15, 0.2) is 6.04 Å². The van der Waals surface area contributed by atoms with E-state index in [2.05, 4.69) is 53.2 Å². The third-order valence-corrected chi connectivity index (χ3v) is 16.3. The Balaban J connectivity index is 3.62. The number of hydrogen-bond donors (Lipinski definition) is 22. The highest BCUT2D eigenvalue weighted by Crippen LogP contribution is 2.14. The van der Waals surface area contributed by atoms with Crippen molar-refractivity contribution in [3.05, 3.63) is 35.9 Å². The molecule has 0 aromatic heterocycles. The van der Waals surface area contributed by atoms with Gasteiger partial charge in [0.1, 0.15) is 66.5 Å². The van der Waals surface area contributed by atoms with Crippen molar-refractivity contribution in [1.29, 1.82) is 0 Å². The van der Waals surface area contributed by atoms with Crippen LogP contribution in [-0.4, -0.2) is 257 Å². The van der Waals surface area contributed by atoms with Gasteiger partial charge in [-0.05, 0) is 108 Å². The molecule has 41 heteroatoms. The lowest BCUT2D eigenvalue weighted by Crippen LogP contribution is -2.61. The number of unbranched alkanes of at least 4 members (excludes halogenated alkanes) is 1. The number of benzene rings is 1. The van der Waals surface area contributed by atoms with Crippen LogP contribution in [0.4, 0.5) is 0 Å². The Morgan fingerprint density at radius 3 is 1.14 bits per heavy atom. The van der Waals surface area contributed by atoms with Crippen molar-refractivity contribution < 1.29 is 127 Å². The zero-order valence-electron chi connectivity index (χ0n) is 59.8. The molecule has 106 heavy (non-hydrogen) atoms. The number of hydrogen-bond acceptors (Lipinski definition) is 23. The number of aliphatic carboxylic acids is 6. The predicted molar refractivity (Wildman–Crippen MR) is 373 cm³/mol. The first kappa shape index (κ1) is 93.9. The lowest BCUT2D eigenvalue weighted by atomic mass is 10.0. The predicted octanol–water partition coefficient (Wildman–Crippen LogP) is -5.63. The molecule has 0 radical (unpaired) electrons. The van der Waals surface area contributed by atoms with Gasteiger partial charge >= 0.3 is 35.8 Å². The van der Waals surface area contributed by atoms with E-state index in [1.54, 1.807) is 38.3 Å². The number of carbonyl (C=O) groups excluding carboxylic acids is 12. The maximum atomic E-state index is 14.4. The van der Waals surface area contributed by atoms with Crippen molar-refractivity contribution in [3.63, 3.8) is 0 Å². The van der Waals surface area contributed by atoms with E-state index in [0.717, 1.165) is 13.8 Å². The summed E-state index contributed by atoms with van der Waals surface area (Å²) in [5.41, 5.74) is 12.1. The van der Waals surface area contributed by atoms with Crippen LogP contribution in [-0.2, 0) is 92.7 Å². The molecule has 1 aromatic rings. The molecular weight excluding hydrogens is 1420 g/mol. The highest BCUT2D eigenvalue weighted by atomic mass is 32.2. The Kier molecular flexibility index (Phi) is 43.2. The molecule has 14 atom stereocenters. The number of nitrogens with two attached hydrogens (primary N) is 2. The van der Waals surface area contributed by atoms with E-state index in [1.165, 1.54) is 23.9 Å². The Bertz CT molecular complexity index is 3200. The lowest BCUT2D eigenvalue weighted by molar-refractivity contribution is -0.146. The number of rotatable bonds is 53. The van der Waals surface area contributed by atoms with Crippen LogP contribution in [0.3, 0.4) is 0 Å². The summed E-state index contributed by atoms with van der Waals surface area (Å²) < 4.78 is 0. The molecule has 0 unspecified atom stereocenters. The van der Waals surface area contributed by atoms with E-state index in [1.807, 2.05) is 24.5 Å². The first-order chi connectivity index (χ1) is 49.6. The van der Waals surface area contributed by atoms with Gasteiger partial charge in [-0.15, -0.1) is 0 Å². The first-order valence-corrected chi connectivity index (χ1v) is 35.3. The van der Waals surface area contributed by atoms with Gasteiger partial charge < -0.3 is 116 Å². The van der Waals surface area contributed by atoms with Gasteiger partial charge in [-0.3, -0.25) is 81.5 Å². The summed E-state index contributed by atoms with van der Waals surface area (Å²) in [5.74, 6) is -23.8. The minimum absolute atomic E-state index is 0.00493. The fourth-order valence-corrected chi connectivity index (χ4v) is 10.5. The van der Waals surface area contributed by atoms with E-state index >= 15 is 0 Å². The Morgan fingerprint density at radius 2 is 0.745 bits per heavy atom. The molecule has 1 rings (SSSR count). The molecule has 0 aliphatic heterocycles. The average molecular weight is 1530 g/mol. The summed E-state index contributed by atoms with van der Waals surface area (Å²) in [5, 5.41) is 105. The molecule has 40 nitrogen and oxygen atoms in total. The number of carboxylic acids is 6. The van der Waals surface area contributed by atoms with Crippen LogP contribution in [0.5, 0.6) is 0 Å². The average Bonchev–Trinajstić information content (AvgIpc) is 0.855. The second-order valence-corrected chi connectivity index (χ2v) is 26.7. The van der Waals surface area contributed by atoms with Crippen LogP contribution in [0.25, 0.3) is 0 Å². The maximum absolute atomic E-state index is 14.4. The third kappa shape index (κ3) is 37.0. The quantitative estimate of drug-likeness (QED) is 0.0270. The highest BCUT2D eigenvalue weighted by molar-refractivity contribution is 7.98. The zero-order valence-corrected chi connectivity index (χ0v) is 60.7. The maximum Gasteiger partial charge on any atom is 0.328 e. The molecule has 24 N–H and O–H groups in total. The second kappa shape index (κ2) is 48.8. The largest absolute Gasteiger partial charge is 0.481 e. The fourth-order valence-electron chi connectivity index (χ4n) is 9.99. The Labute approximate surface area is 614 Å². The summed E-state index contributed by atoms with van der Waals surface area (Å²) in [6.45, 7) is 7.82. The van der Waals surface area contributed by atoms with Gasteiger partial charge in [-0.2, -0.15) is 11.8 Å². The lowest BCUT2D eigenvalue weighted by Gasteiger charge is -2.28. The number of aliphatic hydroxyl groups is 2. The molecule has 0 saturated heterocycles. The summed E-state index contributed by atoms with van der Waals surface area (Å²) in [4.78, 5) is 237. The molecule has 12 amide bonds. The van der Waals surface area contributed by atoms with Crippen LogP contribution >= 0.6 is 11.8 Å². The molecule has 0 saturated carbocycles. The molecule has 594 valence electrons. The zero-order chi connectivity index (χ0) is 80.7. The Morgan fingerprint density at radius 1 is 0.396 bits per heavy atom. The fraction of sp³-hybridized carbons (Fsp3) is 0.631. The molecule has 0 spiro atoms. The van der Waals surface area contributed by atoms with E-state index in [0.29, 0.717) is 11.3 Å². The van der Waals surface area contributed by atoms with Crippen LogP contribution < -0.4 is 75.3 Å². The third-order valence-electron chi connectivity index (χ3n) is 15.6. The van der Waals surface area contributed by atoms with Gasteiger partial charge in [-0.1, -0.05) is 58.0 Å². The monoisotopic (exact) mass is 1530 g/mol. The normalized spacial score (nSPS) is 15.1. The van der Waals surface area contributed by atoms with Crippen LogP contribution in [0.15, 0.2) is 30.3 Å². The SMILES string of the molecule is CSCC[C@H](NC(=O)[C@@H](N)CC(C)C)C(=O)N[C@@H](CCC(=O)O)C(=O)N[C@@H](Cc1ccccc1)C(=O)N[C@@H](CC(=O)O)C(=O)N[C@@H](CCC(=O)O)C(=O)N[C@@H](CO)C(=O)N[C@@H](CCCCN)C(=O)N[C@@H](CC(C)C)C(=O)N[C@@H](C)C(=O)N[C@@H](CCC(=O)O)C(=O)N[C@@H](CC(=O)O)C(=O)N[C@H](C(=O)O)[C@@H](C)O. The second-order valence-electron chi connectivity index (χ2n) is 25.7. The smallest absolute Gasteiger partial charge is 0.328 e. The molecule has 0 aliphatic carbocycles. The molecule has 0 bridgehead atoms. The number of aliphatic hydroxyl groups excluding tert-OH is 2. The Hall–Kier alpha value is -10.1. The first-order valence-electron chi connectivity index (χ1n) is 33.9. The molecule has 0 heterocycles. The number of thioether (sulfide) groups is 1. The van der Waals surface area contributed by atoms with E-state index in [-0.39, 0.29) is 51.0 Å². The number of nitrogens with one attached hydrogen (secondary N) is 12. The van der Waals surface area contributed by atoms with Gasteiger partial charge in [0.25, 0.3) is 0 Å². The van der Waals surface area contributed by atoms with Gasteiger partial charge in [0, 0.05) is 25.7 Å². The molecule has 1 aromatic carbocycles. The van der Waals surface area contributed by atoms with Crippen molar-refractivity contribution in [2.45, 2.75) is 223 Å². The van der Waals surface area contributed by atoms with Crippen molar-refractivity contribution >= 4 is 118 Å². The van der Waals surface area contributed by atoms with Gasteiger partial charge in [-0.25, -0.2) is 4.79 Å². The van der Waals surface area contributed by atoms with Crippen molar-refractivity contribution in [2.75, 3.05) is 25.2 Å². The molecule has 0 fully saturated rings. The van der Waals surface area contributed by atoms with Crippen molar-refractivity contribution in [2.24, 2.45) is 23.3 Å². The van der Waals surface area contributed by atoms with E-state index in [4.69, 9.17) is 11.5 Å². The topological polar surface area (TPSA) is 666 Å². The van der Waals surface area contributed by atoms with E-state index in [9.17, 15) is 127 Å². The number of carbonyl (C=O) groups is 18. The summed E-state index contributed by atoms with van der Waals surface area (Å²) in [7, 11) is 0. The van der Waals surface area contributed by atoms with Gasteiger partial charge in [0.05, 0.1) is 31.6 Å². The summed E-state index contributed by atoms with van der Waals surface area (Å²) in [6, 6.07) is -14.9. The minimum Gasteiger partial charge on any atom is -0.481 e. The van der Waals surface area contributed by atoms with Crippen molar-refractivity contribution in [3.8, 4) is 0 Å².